The predicted octanol–water partition coefficient (Wildman–Crippen LogP) is 0.905. The van der Waals surface area contributed by atoms with E-state index in [1.165, 1.54) is 0 Å². The molecule has 2 rings (SSSR count). The topological polar surface area (TPSA) is 115 Å². The zero-order chi connectivity index (χ0) is 14.0. The third-order valence-electron chi connectivity index (χ3n) is 2.71. The summed E-state index contributed by atoms with van der Waals surface area (Å²) in [5, 5.41) is 11.2. The maximum atomic E-state index is 11.7. The zero-order valence-electron chi connectivity index (χ0n) is 10.2. The molecule has 4 N–H and O–H groups in total. The standard InChI is InChI=1S/C12H13N3O4/c1-6(4-10(16)17)11(18)13-7-2-3-8-9(5-7)15-12(19)14-8/h2-3,5-6H,4H2,1H3,(H,13,18)(H,16,17)(H2,14,15,19). The van der Waals surface area contributed by atoms with Crippen molar-refractivity contribution in [2.45, 2.75) is 13.3 Å². The van der Waals surface area contributed by atoms with Crippen LogP contribution < -0.4 is 11.0 Å². The monoisotopic (exact) mass is 263 g/mol. The van der Waals surface area contributed by atoms with Gasteiger partial charge in [-0.15, -0.1) is 0 Å². The average Bonchev–Trinajstić information content (AvgIpc) is 2.67. The summed E-state index contributed by atoms with van der Waals surface area (Å²) in [5.74, 6) is -2.02. The second-order valence-electron chi connectivity index (χ2n) is 4.33. The minimum Gasteiger partial charge on any atom is -0.481 e. The van der Waals surface area contributed by atoms with Crippen LogP contribution in [-0.2, 0) is 9.59 Å². The summed E-state index contributed by atoms with van der Waals surface area (Å²) in [4.78, 5) is 38.5. The van der Waals surface area contributed by atoms with Crippen LogP contribution >= 0.6 is 0 Å². The summed E-state index contributed by atoms with van der Waals surface area (Å²) in [6, 6.07) is 4.90. The summed E-state index contributed by atoms with van der Waals surface area (Å²) in [5.41, 5.74) is 1.40. The van der Waals surface area contributed by atoms with Crippen LogP contribution in [0.1, 0.15) is 13.3 Å². The highest BCUT2D eigenvalue weighted by Crippen LogP contribution is 2.16. The van der Waals surface area contributed by atoms with Crippen molar-refractivity contribution in [1.82, 2.24) is 9.97 Å². The molecule has 0 bridgehead atoms. The average molecular weight is 263 g/mol. The SMILES string of the molecule is CC(CC(=O)O)C(=O)Nc1ccc2[nH]c(=O)[nH]c2c1. The predicted molar refractivity (Wildman–Crippen MR) is 69.0 cm³/mol. The van der Waals surface area contributed by atoms with Gasteiger partial charge in [-0.1, -0.05) is 6.92 Å². The van der Waals surface area contributed by atoms with Gasteiger partial charge in [0.25, 0.3) is 0 Å². The fraction of sp³-hybridized carbons (Fsp3) is 0.250. The van der Waals surface area contributed by atoms with Gasteiger partial charge in [0.05, 0.1) is 17.5 Å². The number of aliphatic carboxylic acids is 1. The summed E-state index contributed by atoms with van der Waals surface area (Å²) in [7, 11) is 0. The number of aromatic amines is 2. The van der Waals surface area contributed by atoms with Crippen LogP contribution in [0.25, 0.3) is 11.0 Å². The number of rotatable bonds is 4. The molecule has 1 aromatic carbocycles. The van der Waals surface area contributed by atoms with Gasteiger partial charge in [0, 0.05) is 11.6 Å². The van der Waals surface area contributed by atoms with Crippen molar-refractivity contribution in [3.05, 3.63) is 28.7 Å². The first-order valence-corrected chi connectivity index (χ1v) is 5.70. The number of nitrogens with one attached hydrogen (secondary N) is 3. The lowest BCUT2D eigenvalue weighted by atomic mass is 10.1. The van der Waals surface area contributed by atoms with Gasteiger partial charge < -0.3 is 20.4 Å². The largest absolute Gasteiger partial charge is 0.481 e. The van der Waals surface area contributed by atoms with E-state index < -0.39 is 11.9 Å². The highest BCUT2D eigenvalue weighted by Gasteiger charge is 2.16. The van der Waals surface area contributed by atoms with Crippen LogP contribution in [0.2, 0.25) is 0 Å². The Labute approximate surface area is 107 Å². The van der Waals surface area contributed by atoms with Crippen molar-refractivity contribution >= 4 is 28.6 Å². The quantitative estimate of drug-likeness (QED) is 0.656. The molecular formula is C12H13N3O4. The van der Waals surface area contributed by atoms with Crippen molar-refractivity contribution in [3.63, 3.8) is 0 Å². The Hall–Kier alpha value is -2.57. The summed E-state index contributed by atoms with van der Waals surface area (Å²) < 4.78 is 0. The lowest BCUT2D eigenvalue weighted by Gasteiger charge is -2.09. The van der Waals surface area contributed by atoms with Crippen molar-refractivity contribution in [3.8, 4) is 0 Å². The molecule has 0 aliphatic heterocycles. The van der Waals surface area contributed by atoms with E-state index in [-0.39, 0.29) is 18.0 Å². The van der Waals surface area contributed by atoms with Gasteiger partial charge in [-0.05, 0) is 18.2 Å². The molecule has 1 aromatic heterocycles. The molecule has 0 saturated heterocycles. The number of carbonyl (C=O) groups excluding carboxylic acids is 1. The van der Waals surface area contributed by atoms with Crippen LogP contribution in [0, 0.1) is 5.92 Å². The molecule has 7 heteroatoms. The second-order valence-corrected chi connectivity index (χ2v) is 4.33. The van der Waals surface area contributed by atoms with E-state index in [9.17, 15) is 14.4 Å². The van der Waals surface area contributed by atoms with Gasteiger partial charge in [0.2, 0.25) is 5.91 Å². The Morgan fingerprint density at radius 2 is 2.00 bits per heavy atom. The van der Waals surface area contributed by atoms with Gasteiger partial charge >= 0.3 is 11.7 Å². The number of carbonyl (C=O) groups is 2. The van der Waals surface area contributed by atoms with Crippen molar-refractivity contribution in [2.75, 3.05) is 5.32 Å². The van der Waals surface area contributed by atoms with Gasteiger partial charge in [0.1, 0.15) is 0 Å². The Morgan fingerprint density at radius 1 is 1.32 bits per heavy atom. The number of hydrogen-bond donors (Lipinski definition) is 4. The minimum absolute atomic E-state index is 0.227. The Balaban J connectivity index is 2.14. The van der Waals surface area contributed by atoms with Crippen LogP contribution in [0.3, 0.4) is 0 Å². The molecule has 19 heavy (non-hydrogen) atoms. The van der Waals surface area contributed by atoms with Gasteiger partial charge in [0.15, 0.2) is 0 Å². The van der Waals surface area contributed by atoms with Crippen LogP contribution in [0.4, 0.5) is 5.69 Å². The van der Waals surface area contributed by atoms with E-state index in [0.717, 1.165) is 0 Å². The number of aromatic nitrogens is 2. The number of anilines is 1. The summed E-state index contributed by atoms with van der Waals surface area (Å²) in [6.07, 6.45) is -0.227. The van der Waals surface area contributed by atoms with Crippen LogP contribution in [0.15, 0.2) is 23.0 Å². The molecule has 2 aromatic rings. The van der Waals surface area contributed by atoms with E-state index >= 15 is 0 Å². The molecule has 0 aliphatic rings. The number of hydrogen-bond acceptors (Lipinski definition) is 3. The molecule has 0 aliphatic carbocycles. The van der Waals surface area contributed by atoms with Gasteiger partial charge in [-0.2, -0.15) is 0 Å². The number of imidazole rings is 1. The minimum atomic E-state index is -1.02. The molecular weight excluding hydrogens is 250 g/mol. The molecule has 1 atom stereocenters. The Morgan fingerprint density at radius 3 is 2.68 bits per heavy atom. The first-order valence-electron chi connectivity index (χ1n) is 5.70. The molecule has 1 heterocycles. The third kappa shape index (κ3) is 3.01. The number of carboxylic acids is 1. The molecule has 1 unspecified atom stereocenters. The van der Waals surface area contributed by atoms with E-state index in [2.05, 4.69) is 15.3 Å². The second kappa shape index (κ2) is 4.97. The van der Waals surface area contributed by atoms with E-state index in [4.69, 9.17) is 5.11 Å². The first kappa shape index (κ1) is 12.9. The molecule has 100 valence electrons. The van der Waals surface area contributed by atoms with Crippen molar-refractivity contribution < 1.29 is 14.7 Å². The fourth-order valence-electron chi connectivity index (χ4n) is 1.73. The summed E-state index contributed by atoms with van der Waals surface area (Å²) in [6.45, 7) is 1.54. The molecule has 0 saturated carbocycles. The number of carboxylic acid groups (broad SMARTS) is 1. The van der Waals surface area contributed by atoms with Crippen molar-refractivity contribution in [2.24, 2.45) is 5.92 Å². The lowest BCUT2D eigenvalue weighted by Crippen LogP contribution is -2.22. The van der Waals surface area contributed by atoms with Crippen molar-refractivity contribution in [1.29, 1.82) is 0 Å². The van der Waals surface area contributed by atoms with Crippen LogP contribution in [0.5, 0.6) is 0 Å². The van der Waals surface area contributed by atoms with Gasteiger partial charge in [-0.3, -0.25) is 9.59 Å². The molecule has 0 spiro atoms. The number of benzene rings is 1. The fourth-order valence-corrected chi connectivity index (χ4v) is 1.73. The highest BCUT2D eigenvalue weighted by molar-refractivity contribution is 5.95. The number of H-pyrrole nitrogens is 2. The van der Waals surface area contributed by atoms with Gasteiger partial charge in [-0.25, -0.2) is 4.79 Å². The normalized spacial score (nSPS) is 12.3. The Bertz CT molecular complexity index is 686. The molecule has 1 amide bonds. The lowest BCUT2D eigenvalue weighted by molar-refractivity contribution is -0.139. The third-order valence-corrected chi connectivity index (χ3v) is 2.71. The van der Waals surface area contributed by atoms with E-state index in [0.29, 0.717) is 16.7 Å². The molecule has 0 fully saturated rings. The maximum Gasteiger partial charge on any atom is 0.323 e. The first-order chi connectivity index (χ1) is 8.95. The van der Waals surface area contributed by atoms with E-state index in [1.54, 1.807) is 25.1 Å². The Kier molecular flexibility index (Phi) is 3.37. The number of amides is 1. The zero-order valence-corrected chi connectivity index (χ0v) is 10.2. The smallest absolute Gasteiger partial charge is 0.323 e. The molecule has 0 radical (unpaired) electrons. The summed E-state index contributed by atoms with van der Waals surface area (Å²) >= 11 is 0. The van der Waals surface area contributed by atoms with E-state index in [1.807, 2.05) is 0 Å². The highest BCUT2D eigenvalue weighted by atomic mass is 16.4. The van der Waals surface area contributed by atoms with Crippen LogP contribution in [-0.4, -0.2) is 27.0 Å². The maximum absolute atomic E-state index is 11.7. The number of fused-ring (bicyclic) bond motifs is 1. The molecule has 7 nitrogen and oxygen atoms in total.